The van der Waals surface area contributed by atoms with Crippen LogP contribution in [0.5, 0.6) is 11.5 Å². The third-order valence-corrected chi connectivity index (χ3v) is 5.16. The van der Waals surface area contributed by atoms with Crippen LogP contribution in [0.4, 0.5) is 0 Å². The molecule has 0 radical (unpaired) electrons. The minimum absolute atomic E-state index is 0.149. The molecule has 4 heteroatoms. The lowest BCUT2D eigenvalue weighted by atomic mass is 9.92. The van der Waals surface area contributed by atoms with E-state index in [-0.39, 0.29) is 11.5 Å². The van der Waals surface area contributed by atoms with Crippen LogP contribution < -0.4 is 0 Å². The molecule has 2 N–H and O–H groups in total. The molecular weight excluding hydrogens is 456 g/mol. The van der Waals surface area contributed by atoms with Gasteiger partial charge >= 0.3 is 0 Å². The van der Waals surface area contributed by atoms with Gasteiger partial charge in [-0.1, -0.05) is 70.0 Å². The Labute approximate surface area is 169 Å². The second-order valence-corrected chi connectivity index (χ2v) is 7.48. The molecule has 0 aliphatic heterocycles. The third kappa shape index (κ3) is 3.31. The van der Waals surface area contributed by atoms with Crippen molar-refractivity contribution in [1.82, 2.24) is 0 Å². The molecule has 0 aliphatic rings. The largest absolute Gasteiger partial charge is 0.507 e. The first-order chi connectivity index (χ1) is 12.5. The predicted molar refractivity (Wildman–Crippen MR) is 117 cm³/mol. The molecule has 132 valence electrons. The Morgan fingerprint density at radius 1 is 0.577 bits per heavy atom. The molecule has 0 heterocycles. The molecule has 0 amide bonds. The van der Waals surface area contributed by atoms with Gasteiger partial charge in [0, 0.05) is 20.1 Å². The van der Waals surface area contributed by atoms with Gasteiger partial charge in [0.1, 0.15) is 11.5 Å². The molecule has 26 heavy (non-hydrogen) atoms. The Bertz CT molecular complexity index is 1010. The Balaban J connectivity index is 0.000000948. The van der Waals surface area contributed by atoms with Crippen LogP contribution in [-0.4, -0.2) is 10.2 Å². The smallest absolute Gasteiger partial charge is 0.124 e. The minimum atomic E-state index is 0.149. The molecular formula is C22H18Br2O2. The Morgan fingerprint density at radius 2 is 0.962 bits per heavy atom. The van der Waals surface area contributed by atoms with Crippen LogP contribution in [0.25, 0.3) is 32.7 Å². The molecule has 0 atom stereocenters. The van der Waals surface area contributed by atoms with Gasteiger partial charge in [0.15, 0.2) is 0 Å². The maximum Gasteiger partial charge on any atom is 0.124 e. The summed E-state index contributed by atoms with van der Waals surface area (Å²) in [5.74, 6) is 0.297. The highest BCUT2D eigenvalue weighted by Gasteiger charge is 2.16. The highest BCUT2D eigenvalue weighted by Crippen LogP contribution is 2.45. The fraction of sp³-hybridized carbons (Fsp3) is 0.0909. The predicted octanol–water partition coefficient (Wildman–Crippen LogP) is 7.62. The topological polar surface area (TPSA) is 40.5 Å². The summed E-state index contributed by atoms with van der Waals surface area (Å²) in [6, 6.07) is 18.8. The van der Waals surface area contributed by atoms with Crippen LogP contribution in [0.1, 0.15) is 13.8 Å². The monoisotopic (exact) mass is 472 g/mol. The van der Waals surface area contributed by atoms with E-state index in [0.717, 1.165) is 30.5 Å². The van der Waals surface area contributed by atoms with Crippen LogP contribution in [0.15, 0.2) is 69.6 Å². The van der Waals surface area contributed by atoms with Crippen molar-refractivity contribution in [3.63, 3.8) is 0 Å². The van der Waals surface area contributed by atoms with Gasteiger partial charge in [0.25, 0.3) is 0 Å². The van der Waals surface area contributed by atoms with Gasteiger partial charge in [0.05, 0.1) is 0 Å². The van der Waals surface area contributed by atoms with Gasteiger partial charge in [-0.3, -0.25) is 0 Å². The summed E-state index contributed by atoms with van der Waals surface area (Å²) >= 11 is 6.95. The van der Waals surface area contributed by atoms with Crippen molar-refractivity contribution in [3.8, 4) is 22.6 Å². The molecule has 0 saturated heterocycles. The summed E-state index contributed by atoms with van der Waals surface area (Å²) in [5.41, 5.74) is 1.29. The molecule has 4 rings (SSSR count). The molecule has 0 aromatic heterocycles. The lowest BCUT2D eigenvalue weighted by Crippen LogP contribution is -1.87. The number of benzene rings is 4. The van der Waals surface area contributed by atoms with Crippen molar-refractivity contribution >= 4 is 53.4 Å². The van der Waals surface area contributed by atoms with Crippen LogP contribution in [0.3, 0.4) is 0 Å². The van der Waals surface area contributed by atoms with Crippen molar-refractivity contribution in [2.75, 3.05) is 0 Å². The molecule has 0 aliphatic carbocycles. The highest BCUT2D eigenvalue weighted by molar-refractivity contribution is 9.10. The lowest BCUT2D eigenvalue weighted by Gasteiger charge is -2.14. The summed E-state index contributed by atoms with van der Waals surface area (Å²) in [4.78, 5) is 0. The molecule has 0 spiro atoms. The van der Waals surface area contributed by atoms with E-state index < -0.39 is 0 Å². The Kier molecular flexibility index (Phi) is 5.54. The zero-order valence-electron chi connectivity index (χ0n) is 14.4. The maximum absolute atomic E-state index is 10.5. The average Bonchev–Trinajstić information content (AvgIpc) is 2.64. The van der Waals surface area contributed by atoms with Crippen LogP contribution >= 0.6 is 31.9 Å². The molecule has 0 fully saturated rings. The van der Waals surface area contributed by atoms with Crippen molar-refractivity contribution in [2.45, 2.75) is 13.8 Å². The van der Waals surface area contributed by atoms with E-state index in [1.54, 1.807) is 12.1 Å². The van der Waals surface area contributed by atoms with Crippen molar-refractivity contribution in [1.29, 1.82) is 0 Å². The van der Waals surface area contributed by atoms with Crippen LogP contribution in [0.2, 0.25) is 0 Å². The van der Waals surface area contributed by atoms with E-state index >= 15 is 0 Å². The number of hydrogen-bond donors (Lipinski definition) is 2. The van der Waals surface area contributed by atoms with Crippen molar-refractivity contribution in [2.24, 2.45) is 0 Å². The highest BCUT2D eigenvalue weighted by atomic mass is 79.9. The van der Waals surface area contributed by atoms with Gasteiger partial charge in [0.2, 0.25) is 0 Å². The zero-order valence-corrected chi connectivity index (χ0v) is 17.6. The molecule has 0 unspecified atom stereocenters. The van der Waals surface area contributed by atoms with Crippen LogP contribution in [0, 0.1) is 0 Å². The van der Waals surface area contributed by atoms with Gasteiger partial charge < -0.3 is 10.2 Å². The average molecular weight is 474 g/mol. The summed E-state index contributed by atoms with van der Waals surface area (Å²) in [7, 11) is 0. The van der Waals surface area contributed by atoms with E-state index in [1.807, 2.05) is 62.4 Å². The number of aromatic hydroxyl groups is 2. The fourth-order valence-electron chi connectivity index (χ4n) is 3.10. The lowest BCUT2D eigenvalue weighted by molar-refractivity contribution is 0.470. The number of phenolic OH excluding ortho intramolecular Hbond substituents is 2. The van der Waals surface area contributed by atoms with E-state index in [0.29, 0.717) is 11.1 Å². The minimum Gasteiger partial charge on any atom is -0.507 e. The van der Waals surface area contributed by atoms with Crippen LogP contribution in [-0.2, 0) is 0 Å². The first kappa shape index (κ1) is 18.7. The number of rotatable bonds is 1. The Morgan fingerprint density at radius 3 is 1.35 bits per heavy atom. The van der Waals surface area contributed by atoms with E-state index in [9.17, 15) is 10.2 Å². The summed E-state index contributed by atoms with van der Waals surface area (Å²) in [5, 5.41) is 24.8. The third-order valence-electron chi connectivity index (χ3n) is 4.17. The summed E-state index contributed by atoms with van der Waals surface area (Å²) in [6.45, 7) is 4.00. The van der Waals surface area contributed by atoms with E-state index in [2.05, 4.69) is 31.9 Å². The molecule has 2 nitrogen and oxygen atoms in total. The Hall–Kier alpha value is -2.04. The second-order valence-electron chi connectivity index (χ2n) is 5.65. The SMILES string of the molecule is CC.Oc1ccc2cc(Br)ccc2c1-c1c(O)ccc2cc(Br)ccc12. The number of phenols is 2. The van der Waals surface area contributed by atoms with Gasteiger partial charge in [-0.25, -0.2) is 0 Å². The maximum atomic E-state index is 10.5. The van der Waals surface area contributed by atoms with Crippen molar-refractivity contribution < 1.29 is 10.2 Å². The standard InChI is InChI=1S/C20H12Br2O2.C2H6/c21-13-3-5-15-11(9-13)1-7-17(23)19(15)20-16-6-4-14(22)10-12(16)2-8-18(20)24;1-2/h1-10,23-24H;1-2H3. The molecule has 0 saturated carbocycles. The first-order valence-electron chi connectivity index (χ1n) is 8.37. The van der Waals surface area contributed by atoms with Gasteiger partial charge in [-0.15, -0.1) is 0 Å². The quantitative estimate of drug-likeness (QED) is 0.298. The molecule has 4 aromatic carbocycles. The first-order valence-corrected chi connectivity index (χ1v) is 9.96. The van der Waals surface area contributed by atoms with E-state index in [1.165, 1.54) is 0 Å². The number of hydrogen-bond acceptors (Lipinski definition) is 2. The zero-order chi connectivity index (χ0) is 18.8. The van der Waals surface area contributed by atoms with Gasteiger partial charge in [-0.2, -0.15) is 0 Å². The van der Waals surface area contributed by atoms with E-state index in [4.69, 9.17) is 0 Å². The van der Waals surface area contributed by atoms with Crippen molar-refractivity contribution in [3.05, 3.63) is 69.6 Å². The van der Waals surface area contributed by atoms with Gasteiger partial charge in [-0.05, 0) is 57.9 Å². The normalized spacial score (nSPS) is 10.6. The summed E-state index contributed by atoms with van der Waals surface area (Å²) in [6.07, 6.45) is 0. The molecule has 0 bridgehead atoms. The summed E-state index contributed by atoms with van der Waals surface area (Å²) < 4.78 is 1.94. The molecule has 4 aromatic rings. The number of fused-ring (bicyclic) bond motifs is 2. The second kappa shape index (κ2) is 7.68. The fourth-order valence-corrected chi connectivity index (χ4v) is 3.86. The number of halogens is 2.